The summed E-state index contributed by atoms with van der Waals surface area (Å²) in [6.07, 6.45) is 1.70. The molecule has 176 valence electrons. The van der Waals surface area contributed by atoms with E-state index in [2.05, 4.69) is 11.9 Å². The molecule has 0 saturated carbocycles. The van der Waals surface area contributed by atoms with Gasteiger partial charge in [-0.2, -0.15) is 0 Å². The van der Waals surface area contributed by atoms with Gasteiger partial charge >= 0.3 is 0 Å². The lowest BCUT2D eigenvalue weighted by Crippen LogP contribution is -2.47. The first kappa shape index (κ1) is 22.8. The van der Waals surface area contributed by atoms with Crippen molar-refractivity contribution in [1.29, 1.82) is 0 Å². The molecule has 4 heterocycles. The zero-order valence-corrected chi connectivity index (χ0v) is 18.6. The first-order valence-electron chi connectivity index (χ1n) is 10.7. The van der Waals surface area contributed by atoms with Gasteiger partial charge in [0.1, 0.15) is 5.56 Å². The van der Waals surface area contributed by atoms with Crippen molar-refractivity contribution >= 4 is 12.4 Å². The van der Waals surface area contributed by atoms with E-state index in [-0.39, 0.29) is 42.3 Å². The normalized spacial score (nSPS) is 21.6. The molecule has 5 rings (SSSR count). The summed E-state index contributed by atoms with van der Waals surface area (Å²) in [5, 5.41) is 6.89. The Kier molecular flexibility index (Phi) is 6.66. The van der Waals surface area contributed by atoms with Gasteiger partial charge in [0.05, 0.1) is 24.9 Å². The highest BCUT2D eigenvalue weighted by molar-refractivity contribution is 5.95. The van der Waals surface area contributed by atoms with Crippen molar-refractivity contribution in [3.8, 4) is 17.2 Å². The highest BCUT2D eigenvalue weighted by Crippen LogP contribution is 2.33. The number of carbonyl (C=O) groups is 2. The number of hydrogen-bond donors (Lipinski definition) is 1. The van der Waals surface area contributed by atoms with E-state index in [9.17, 15) is 9.59 Å². The number of rotatable bonds is 2. The highest BCUT2D eigenvalue weighted by atomic mass is 16.7. The fraction of sp³-hybridized carbons (Fsp3) is 0.435. The van der Waals surface area contributed by atoms with Crippen molar-refractivity contribution in [2.24, 2.45) is 5.92 Å². The Morgan fingerprint density at radius 3 is 2.67 bits per heavy atom. The second-order valence-electron chi connectivity index (χ2n) is 8.43. The number of hydrogen-bond acceptors (Lipinski definition) is 7. The van der Waals surface area contributed by atoms with E-state index in [1.165, 1.54) is 4.57 Å². The number of nitrogens with zero attached hydrogens (tertiary/aromatic N) is 3. The fourth-order valence-corrected chi connectivity index (χ4v) is 4.59. The standard InChI is InChI=1S/C22H25N3O5.CH2O2/c1-14-5-6-24(16-3-4-18-19(7-16)30-13-29-18)21(26)20(14)22(27)25-9-15-8-23(2)10-17(25)12-28-11-15;2-1-3/h3-7,15,17H,8-13H2,1-2H3;1H,(H,2,3)/t15-,17-;/m0./s1. The molecular weight excluding hydrogens is 430 g/mol. The van der Waals surface area contributed by atoms with E-state index in [0.29, 0.717) is 42.5 Å². The minimum atomic E-state index is -0.327. The molecule has 1 N–H and O–H groups in total. The van der Waals surface area contributed by atoms with Gasteiger partial charge in [0.25, 0.3) is 17.9 Å². The van der Waals surface area contributed by atoms with Crippen LogP contribution in [-0.2, 0) is 9.53 Å². The van der Waals surface area contributed by atoms with Gasteiger partial charge < -0.3 is 29.1 Å². The van der Waals surface area contributed by atoms with Crippen molar-refractivity contribution in [1.82, 2.24) is 14.4 Å². The molecule has 10 heteroatoms. The van der Waals surface area contributed by atoms with Gasteiger partial charge in [-0.05, 0) is 37.7 Å². The minimum absolute atomic E-state index is 0.0620. The van der Waals surface area contributed by atoms with Crippen molar-refractivity contribution in [3.05, 3.63) is 51.9 Å². The van der Waals surface area contributed by atoms with E-state index in [1.807, 2.05) is 17.9 Å². The summed E-state index contributed by atoms with van der Waals surface area (Å²) in [6.45, 7) is 5.09. The maximum atomic E-state index is 13.6. The molecule has 0 aliphatic carbocycles. The molecule has 0 radical (unpaired) electrons. The van der Waals surface area contributed by atoms with Crippen LogP contribution in [0.1, 0.15) is 15.9 Å². The molecule has 3 aliphatic heterocycles. The van der Waals surface area contributed by atoms with Crippen LogP contribution in [0.5, 0.6) is 11.5 Å². The molecule has 2 atom stereocenters. The van der Waals surface area contributed by atoms with Crippen LogP contribution < -0.4 is 15.0 Å². The molecule has 2 bridgehead atoms. The van der Waals surface area contributed by atoms with E-state index >= 15 is 0 Å². The summed E-state index contributed by atoms with van der Waals surface area (Å²) in [5.41, 5.74) is 1.20. The first-order chi connectivity index (χ1) is 15.9. The maximum absolute atomic E-state index is 13.6. The maximum Gasteiger partial charge on any atom is 0.290 e. The van der Waals surface area contributed by atoms with Crippen LogP contribution in [-0.4, -0.2) is 84.6 Å². The molecule has 2 aromatic rings. The lowest BCUT2D eigenvalue weighted by Gasteiger charge is -2.30. The summed E-state index contributed by atoms with van der Waals surface area (Å²) >= 11 is 0. The third-order valence-corrected chi connectivity index (χ3v) is 6.06. The molecule has 0 spiro atoms. The number of carbonyl (C=O) groups excluding carboxylic acids is 1. The van der Waals surface area contributed by atoms with E-state index in [4.69, 9.17) is 24.1 Å². The highest BCUT2D eigenvalue weighted by Gasteiger charge is 2.36. The SMILES string of the molecule is Cc1ccn(-c2ccc3c(c2)OCO3)c(=O)c1C(=O)N1C[C@H]2COC[C@@H]1CN(C)C2.O=CO. The Bertz CT molecular complexity index is 1100. The van der Waals surface area contributed by atoms with Crippen molar-refractivity contribution < 1.29 is 28.9 Å². The number of aryl methyl sites for hydroxylation is 1. The average molecular weight is 457 g/mol. The van der Waals surface area contributed by atoms with Gasteiger partial charge in [-0.1, -0.05) is 0 Å². The molecule has 1 aromatic heterocycles. The number of amides is 1. The van der Waals surface area contributed by atoms with Gasteiger partial charge in [0.2, 0.25) is 6.79 Å². The quantitative estimate of drug-likeness (QED) is 0.665. The van der Waals surface area contributed by atoms with Crippen molar-refractivity contribution in [3.63, 3.8) is 0 Å². The number of pyridine rings is 1. The number of benzene rings is 1. The molecule has 2 fully saturated rings. The molecular formula is C23H27N3O7. The second kappa shape index (κ2) is 9.63. The van der Waals surface area contributed by atoms with Crippen LogP contribution in [0.2, 0.25) is 0 Å². The Morgan fingerprint density at radius 2 is 1.88 bits per heavy atom. The molecule has 0 unspecified atom stereocenters. The summed E-state index contributed by atoms with van der Waals surface area (Å²) < 4.78 is 18.1. The fourth-order valence-electron chi connectivity index (χ4n) is 4.59. The van der Waals surface area contributed by atoms with Crippen molar-refractivity contribution in [2.75, 3.05) is 46.7 Å². The summed E-state index contributed by atoms with van der Waals surface area (Å²) in [4.78, 5) is 39.5. The Hall–Kier alpha value is -3.37. The van der Waals surface area contributed by atoms with Crippen LogP contribution in [0.3, 0.4) is 0 Å². The lowest BCUT2D eigenvalue weighted by molar-refractivity contribution is -0.122. The number of fused-ring (bicyclic) bond motifs is 4. The van der Waals surface area contributed by atoms with E-state index < -0.39 is 0 Å². The van der Waals surface area contributed by atoms with E-state index in [1.54, 1.807) is 24.4 Å². The van der Waals surface area contributed by atoms with Crippen molar-refractivity contribution in [2.45, 2.75) is 13.0 Å². The largest absolute Gasteiger partial charge is 0.483 e. The predicted octanol–water partition coefficient (Wildman–Crippen LogP) is 0.978. The Morgan fingerprint density at radius 1 is 1.12 bits per heavy atom. The zero-order valence-electron chi connectivity index (χ0n) is 18.6. The second-order valence-corrected chi connectivity index (χ2v) is 8.43. The van der Waals surface area contributed by atoms with Gasteiger partial charge in [-0.3, -0.25) is 19.0 Å². The lowest BCUT2D eigenvalue weighted by atomic mass is 10.1. The predicted molar refractivity (Wildman–Crippen MR) is 118 cm³/mol. The Balaban J connectivity index is 0.000000821. The summed E-state index contributed by atoms with van der Waals surface area (Å²) in [5.74, 6) is 1.26. The molecule has 2 saturated heterocycles. The molecule has 3 aliphatic rings. The van der Waals surface area contributed by atoms with Gasteiger partial charge in [0, 0.05) is 37.8 Å². The third-order valence-electron chi connectivity index (χ3n) is 6.06. The number of ether oxygens (including phenoxy) is 3. The molecule has 1 aromatic carbocycles. The van der Waals surface area contributed by atoms with Crippen LogP contribution in [0.15, 0.2) is 35.3 Å². The zero-order chi connectivity index (χ0) is 23.5. The topological polar surface area (TPSA) is 111 Å². The molecule has 10 nitrogen and oxygen atoms in total. The average Bonchev–Trinajstić information content (AvgIpc) is 3.07. The van der Waals surface area contributed by atoms with Gasteiger partial charge in [0.15, 0.2) is 11.5 Å². The molecule has 1 amide bonds. The minimum Gasteiger partial charge on any atom is -0.483 e. The number of carboxylic acid groups (broad SMARTS) is 1. The third kappa shape index (κ3) is 4.57. The van der Waals surface area contributed by atoms with Crippen LogP contribution in [0.25, 0.3) is 5.69 Å². The van der Waals surface area contributed by atoms with Gasteiger partial charge in [-0.15, -0.1) is 0 Å². The van der Waals surface area contributed by atoms with Crippen LogP contribution >= 0.6 is 0 Å². The monoisotopic (exact) mass is 457 g/mol. The molecule has 33 heavy (non-hydrogen) atoms. The van der Waals surface area contributed by atoms with Crippen LogP contribution in [0, 0.1) is 12.8 Å². The number of aromatic nitrogens is 1. The smallest absolute Gasteiger partial charge is 0.290 e. The van der Waals surface area contributed by atoms with E-state index in [0.717, 1.165) is 13.1 Å². The Labute approximate surface area is 190 Å². The number of likely N-dealkylation sites (N-methyl/N-ethyl adjacent to an activating group) is 1. The van der Waals surface area contributed by atoms with Crippen LogP contribution in [0.4, 0.5) is 0 Å². The summed E-state index contributed by atoms with van der Waals surface area (Å²) in [7, 11) is 2.07. The first-order valence-corrected chi connectivity index (χ1v) is 10.7. The van der Waals surface area contributed by atoms with Gasteiger partial charge in [-0.25, -0.2) is 0 Å². The summed E-state index contributed by atoms with van der Waals surface area (Å²) in [6, 6.07) is 7.07.